The average Bonchev–Trinajstić information content (AvgIpc) is 3.12. The molecule has 1 fully saturated rings. The van der Waals surface area contributed by atoms with Crippen molar-refractivity contribution in [3.63, 3.8) is 0 Å². The molecule has 1 aliphatic heterocycles. The smallest absolute Gasteiger partial charge is 0.253 e. The summed E-state index contributed by atoms with van der Waals surface area (Å²) in [5.41, 5.74) is 3.37. The molecule has 21 heavy (non-hydrogen) atoms. The van der Waals surface area contributed by atoms with Crippen LogP contribution in [-0.2, 0) is 0 Å². The molecule has 1 saturated heterocycles. The van der Waals surface area contributed by atoms with Crippen molar-refractivity contribution >= 4 is 17.5 Å². The van der Waals surface area contributed by atoms with Crippen molar-refractivity contribution < 1.29 is 4.79 Å². The van der Waals surface area contributed by atoms with Crippen LogP contribution in [0.25, 0.3) is 5.69 Å². The summed E-state index contributed by atoms with van der Waals surface area (Å²) in [5, 5.41) is 5.11. The highest BCUT2D eigenvalue weighted by Gasteiger charge is 2.19. The fourth-order valence-corrected chi connectivity index (χ4v) is 2.84. The van der Waals surface area contributed by atoms with Crippen LogP contribution in [0.5, 0.6) is 0 Å². The standard InChI is InChI=1S/C16H18ClN3O/c1-11-15(17)12(2)20(18-11)14-7-5-13(6-8-14)16(21)19-9-3-4-10-19/h5-8H,3-4,9-10H2,1-2H3. The van der Waals surface area contributed by atoms with Crippen LogP contribution in [-0.4, -0.2) is 33.7 Å². The lowest BCUT2D eigenvalue weighted by Gasteiger charge is -2.15. The maximum atomic E-state index is 12.3. The second-order valence-corrected chi connectivity index (χ2v) is 5.82. The zero-order valence-corrected chi connectivity index (χ0v) is 13.0. The van der Waals surface area contributed by atoms with Crippen molar-refractivity contribution in [1.29, 1.82) is 0 Å². The number of likely N-dealkylation sites (tertiary alicyclic amines) is 1. The van der Waals surface area contributed by atoms with E-state index in [0.717, 1.165) is 48.6 Å². The number of carbonyl (C=O) groups excluding carboxylic acids is 1. The van der Waals surface area contributed by atoms with Gasteiger partial charge in [0.1, 0.15) is 0 Å². The largest absolute Gasteiger partial charge is 0.339 e. The Morgan fingerprint density at radius 2 is 1.76 bits per heavy atom. The Balaban J connectivity index is 1.86. The monoisotopic (exact) mass is 303 g/mol. The second kappa shape index (κ2) is 5.53. The van der Waals surface area contributed by atoms with Crippen LogP contribution in [0.1, 0.15) is 34.6 Å². The number of aryl methyl sites for hydroxylation is 1. The molecule has 0 N–H and O–H groups in total. The molecule has 0 atom stereocenters. The minimum atomic E-state index is 0.116. The van der Waals surface area contributed by atoms with Crippen LogP contribution in [0.15, 0.2) is 24.3 Å². The first-order chi connectivity index (χ1) is 10.1. The summed E-state index contributed by atoms with van der Waals surface area (Å²) in [4.78, 5) is 14.2. The Kier molecular flexibility index (Phi) is 3.72. The van der Waals surface area contributed by atoms with E-state index in [4.69, 9.17) is 11.6 Å². The molecule has 0 radical (unpaired) electrons. The fraction of sp³-hybridized carbons (Fsp3) is 0.375. The van der Waals surface area contributed by atoms with Gasteiger partial charge in [0.2, 0.25) is 0 Å². The van der Waals surface area contributed by atoms with E-state index < -0.39 is 0 Å². The summed E-state index contributed by atoms with van der Waals surface area (Å²) < 4.78 is 1.81. The topological polar surface area (TPSA) is 38.1 Å². The predicted octanol–water partition coefficient (Wildman–Crippen LogP) is 3.38. The number of hydrogen-bond acceptors (Lipinski definition) is 2. The van der Waals surface area contributed by atoms with Crippen molar-refractivity contribution in [2.75, 3.05) is 13.1 Å². The molecule has 0 spiro atoms. The van der Waals surface area contributed by atoms with E-state index in [2.05, 4.69) is 5.10 Å². The fourth-order valence-electron chi connectivity index (χ4n) is 2.72. The second-order valence-electron chi connectivity index (χ2n) is 5.44. The van der Waals surface area contributed by atoms with Gasteiger partial charge in [0.15, 0.2) is 0 Å². The zero-order valence-electron chi connectivity index (χ0n) is 12.3. The molecule has 1 amide bonds. The molecule has 0 bridgehead atoms. The van der Waals surface area contributed by atoms with Crippen molar-refractivity contribution in [2.24, 2.45) is 0 Å². The Bertz CT molecular complexity index is 670. The van der Waals surface area contributed by atoms with E-state index in [1.165, 1.54) is 0 Å². The molecule has 0 unspecified atom stereocenters. The van der Waals surface area contributed by atoms with E-state index in [0.29, 0.717) is 5.02 Å². The Labute approximate surface area is 129 Å². The first kappa shape index (κ1) is 14.1. The minimum absolute atomic E-state index is 0.116. The van der Waals surface area contributed by atoms with Gasteiger partial charge < -0.3 is 4.90 Å². The van der Waals surface area contributed by atoms with Gasteiger partial charge in [-0.3, -0.25) is 4.79 Å². The highest BCUT2D eigenvalue weighted by atomic mass is 35.5. The average molecular weight is 304 g/mol. The van der Waals surface area contributed by atoms with Crippen LogP contribution < -0.4 is 0 Å². The van der Waals surface area contributed by atoms with Crippen LogP contribution in [0.2, 0.25) is 5.02 Å². The van der Waals surface area contributed by atoms with Gasteiger partial charge in [-0.15, -0.1) is 0 Å². The van der Waals surface area contributed by atoms with Crippen LogP contribution in [0.4, 0.5) is 0 Å². The third kappa shape index (κ3) is 2.56. The third-order valence-corrected chi connectivity index (χ3v) is 4.50. The van der Waals surface area contributed by atoms with Gasteiger partial charge in [-0.1, -0.05) is 11.6 Å². The van der Waals surface area contributed by atoms with E-state index >= 15 is 0 Å². The molecule has 4 nitrogen and oxygen atoms in total. The summed E-state index contributed by atoms with van der Waals surface area (Å²) in [6, 6.07) is 7.55. The molecule has 2 heterocycles. The van der Waals surface area contributed by atoms with E-state index in [1.54, 1.807) is 0 Å². The normalized spacial score (nSPS) is 14.7. The van der Waals surface area contributed by atoms with Gasteiger partial charge in [0.25, 0.3) is 5.91 Å². The SMILES string of the molecule is Cc1nn(-c2ccc(C(=O)N3CCCC3)cc2)c(C)c1Cl. The number of hydrogen-bond donors (Lipinski definition) is 0. The van der Waals surface area contributed by atoms with Gasteiger partial charge >= 0.3 is 0 Å². The molecular formula is C16H18ClN3O. The molecule has 0 aliphatic carbocycles. The predicted molar refractivity (Wildman–Crippen MR) is 83.2 cm³/mol. The molecular weight excluding hydrogens is 286 g/mol. The molecule has 1 aromatic carbocycles. The highest BCUT2D eigenvalue weighted by molar-refractivity contribution is 6.31. The number of nitrogens with zero attached hydrogens (tertiary/aromatic N) is 3. The van der Waals surface area contributed by atoms with Crippen molar-refractivity contribution in [3.8, 4) is 5.69 Å². The molecule has 1 aliphatic rings. The summed E-state index contributed by atoms with van der Waals surface area (Å²) in [6.45, 7) is 5.56. The van der Waals surface area contributed by atoms with E-state index in [9.17, 15) is 4.79 Å². The number of amides is 1. The lowest BCUT2D eigenvalue weighted by Crippen LogP contribution is -2.27. The van der Waals surface area contributed by atoms with Crippen molar-refractivity contribution in [2.45, 2.75) is 26.7 Å². The van der Waals surface area contributed by atoms with E-state index in [1.807, 2.05) is 47.7 Å². The zero-order chi connectivity index (χ0) is 15.0. The van der Waals surface area contributed by atoms with Crippen LogP contribution >= 0.6 is 11.6 Å². The first-order valence-corrected chi connectivity index (χ1v) is 7.57. The molecule has 1 aromatic heterocycles. The lowest BCUT2D eigenvalue weighted by molar-refractivity contribution is 0.0793. The number of aromatic nitrogens is 2. The third-order valence-electron chi connectivity index (χ3n) is 3.96. The van der Waals surface area contributed by atoms with Crippen LogP contribution in [0, 0.1) is 13.8 Å². The van der Waals surface area contributed by atoms with Crippen molar-refractivity contribution in [1.82, 2.24) is 14.7 Å². The maximum absolute atomic E-state index is 12.3. The Morgan fingerprint density at radius 3 is 2.29 bits per heavy atom. The van der Waals surface area contributed by atoms with Gasteiger partial charge in [-0.25, -0.2) is 4.68 Å². The summed E-state index contributed by atoms with van der Waals surface area (Å²) in [5.74, 6) is 0.116. The van der Waals surface area contributed by atoms with Crippen molar-refractivity contribution in [3.05, 3.63) is 46.2 Å². The van der Waals surface area contributed by atoms with Gasteiger partial charge in [-0.05, 0) is 51.0 Å². The maximum Gasteiger partial charge on any atom is 0.253 e. The minimum Gasteiger partial charge on any atom is -0.339 e. The lowest BCUT2D eigenvalue weighted by atomic mass is 10.2. The summed E-state index contributed by atoms with van der Waals surface area (Å²) in [7, 11) is 0. The molecule has 0 saturated carbocycles. The van der Waals surface area contributed by atoms with Crippen LogP contribution in [0.3, 0.4) is 0 Å². The molecule has 2 aromatic rings. The quantitative estimate of drug-likeness (QED) is 0.853. The number of halogens is 1. The molecule has 5 heteroatoms. The summed E-state index contributed by atoms with van der Waals surface area (Å²) in [6.07, 6.45) is 2.21. The number of rotatable bonds is 2. The molecule has 3 rings (SSSR count). The molecule has 110 valence electrons. The van der Waals surface area contributed by atoms with Gasteiger partial charge in [0, 0.05) is 18.7 Å². The highest BCUT2D eigenvalue weighted by Crippen LogP contribution is 2.23. The number of carbonyl (C=O) groups is 1. The Morgan fingerprint density at radius 1 is 1.14 bits per heavy atom. The number of benzene rings is 1. The van der Waals surface area contributed by atoms with Gasteiger partial charge in [-0.2, -0.15) is 5.10 Å². The first-order valence-electron chi connectivity index (χ1n) is 7.19. The van der Waals surface area contributed by atoms with Gasteiger partial charge in [0.05, 0.1) is 22.1 Å². The Hall–Kier alpha value is -1.81. The van der Waals surface area contributed by atoms with E-state index in [-0.39, 0.29) is 5.91 Å². The summed E-state index contributed by atoms with van der Waals surface area (Å²) >= 11 is 6.17.